The number of carboxylic acids is 2. The van der Waals surface area contributed by atoms with E-state index in [-0.39, 0.29) is 17.1 Å². The van der Waals surface area contributed by atoms with Gasteiger partial charge in [-0.2, -0.15) is 0 Å². The van der Waals surface area contributed by atoms with Gasteiger partial charge in [-0.15, -0.1) is 20.2 Å². The minimum absolute atomic E-state index is 0. The molecule has 18 nitrogen and oxygen atoms in total. The minimum atomic E-state index is -1.81. The Bertz CT molecular complexity index is 969. The molecule has 2 aromatic rings. The summed E-state index contributed by atoms with van der Waals surface area (Å²) in [6.45, 7) is 0. The van der Waals surface area contributed by atoms with Crippen molar-refractivity contribution >= 4 is 23.3 Å². The summed E-state index contributed by atoms with van der Waals surface area (Å²) in [5, 5.41) is 59.5. The second-order valence-electron chi connectivity index (χ2n) is 5.03. The fourth-order valence-corrected chi connectivity index (χ4v) is 2.00. The van der Waals surface area contributed by atoms with Crippen molar-refractivity contribution in [1.29, 1.82) is 0 Å². The Labute approximate surface area is 189 Å². The van der Waals surface area contributed by atoms with Crippen LogP contribution in [0.5, 0.6) is 11.5 Å². The van der Waals surface area contributed by atoms with Crippen molar-refractivity contribution in [2.75, 3.05) is 0 Å². The molecule has 0 saturated heterocycles. The molecule has 0 saturated carbocycles. The summed E-state index contributed by atoms with van der Waals surface area (Å²) in [4.78, 5) is 67.9. The Morgan fingerprint density at radius 2 is 0.939 bits per heavy atom. The number of benzene rings is 2. The Hall–Kier alpha value is -4.90. The number of hydrogen-bond donors (Lipinski definition) is 0. The van der Waals surface area contributed by atoms with Crippen LogP contribution >= 0.6 is 0 Å². The molecule has 1 radical (unpaired) electrons. The Balaban J connectivity index is 0.000000602. The van der Waals surface area contributed by atoms with Gasteiger partial charge in [0.05, 0.1) is 21.8 Å². The second kappa shape index (κ2) is 12.1. The summed E-state index contributed by atoms with van der Waals surface area (Å²) >= 11 is 0. The van der Waals surface area contributed by atoms with E-state index in [9.17, 15) is 60.3 Å². The van der Waals surface area contributed by atoms with Gasteiger partial charge in [0.25, 0.3) is 21.5 Å². The van der Waals surface area contributed by atoms with Crippen LogP contribution in [-0.4, -0.2) is 32.0 Å². The molecular formula is C14H6CuN4O14. The molecule has 0 spiro atoms. The SMILES string of the molecule is O=C([O-])c1cccc([N+](=O)[O-])c1O[N+](=O)[O-].O=C([O-])c1cccc([N+](=O)[O-])c1O[N+](=O)[O-].[Cu+2]. The zero-order valence-corrected chi connectivity index (χ0v) is 16.2. The van der Waals surface area contributed by atoms with Crippen LogP contribution in [0.1, 0.15) is 20.7 Å². The van der Waals surface area contributed by atoms with Gasteiger partial charge < -0.3 is 19.8 Å². The van der Waals surface area contributed by atoms with Gasteiger partial charge in [0, 0.05) is 23.3 Å². The van der Waals surface area contributed by atoms with E-state index >= 15 is 0 Å². The molecule has 2 rings (SSSR count). The van der Waals surface area contributed by atoms with Gasteiger partial charge in [0.15, 0.2) is 0 Å². The summed E-state index contributed by atoms with van der Waals surface area (Å²) in [7, 11) is 0. The van der Waals surface area contributed by atoms with E-state index in [4.69, 9.17) is 0 Å². The molecule has 0 amide bonds. The fourth-order valence-electron chi connectivity index (χ4n) is 2.00. The number of carboxylic acid groups (broad SMARTS) is 2. The first-order valence-corrected chi connectivity index (χ1v) is 7.49. The van der Waals surface area contributed by atoms with Gasteiger partial charge in [0.1, 0.15) is 0 Å². The molecule has 33 heavy (non-hydrogen) atoms. The van der Waals surface area contributed by atoms with E-state index in [0.717, 1.165) is 36.4 Å². The molecule has 0 aliphatic heterocycles. The summed E-state index contributed by atoms with van der Waals surface area (Å²) in [5.74, 6) is -5.53. The van der Waals surface area contributed by atoms with Crippen molar-refractivity contribution in [3.05, 3.63) is 88.0 Å². The fraction of sp³-hybridized carbons (Fsp3) is 0. The smallest absolute Gasteiger partial charge is 0.545 e. The normalized spacial score (nSPS) is 9.21. The van der Waals surface area contributed by atoms with E-state index in [0.29, 0.717) is 0 Å². The molecule has 0 bridgehead atoms. The number of para-hydroxylation sites is 2. The summed E-state index contributed by atoms with van der Waals surface area (Å²) < 4.78 is 0. The first-order chi connectivity index (χ1) is 14.9. The number of nitrogens with zero attached hydrogens (tertiary/aromatic N) is 4. The predicted molar refractivity (Wildman–Crippen MR) is 90.1 cm³/mol. The van der Waals surface area contributed by atoms with E-state index < -0.39 is 66.0 Å². The molecule has 0 atom stereocenters. The summed E-state index contributed by atoms with van der Waals surface area (Å²) in [6.07, 6.45) is 0. The maximum atomic E-state index is 10.5. The molecule has 0 aromatic heterocycles. The monoisotopic (exact) mass is 517 g/mol. The second-order valence-corrected chi connectivity index (χ2v) is 5.03. The van der Waals surface area contributed by atoms with Crippen molar-refractivity contribution in [2.45, 2.75) is 0 Å². The predicted octanol–water partition coefficient (Wildman–Crippen LogP) is -0.945. The maximum absolute atomic E-state index is 10.5. The van der Waals surface area contributed by atoms with Crippen LogP contribution in [0.3, 0.4) is 0 Å². The molecular weight excluding hydrogens is 512 g/mol. The van der Waals surface area contributed by atoms with Crippen LogP contribution < -0.4 is 19.9 Å². The third-order valence-electron chi connectivity index (χ3n) is 3.15. The number of nitro benzene ring substituents is 2. The van der Waals surface area contributed by atoms with Crippen molar-refractivity contribution in [2.24, 2.45) is 0 Å². The van der Waals surface area contributed by atoms with E-state index in [1.165, 1.54) is 0 Å². The van der Waals surface area contributed by atoms with Crippen LogP contribution in [0.25, 0.3) is 0 Å². The molecule has 0 heterocycles. The van der Waals surface area contributed by atoms with Crippen molar-refractivity contribution < 1.29 is 66.6 Å². The molecule has 0 fully saturated rings. The number of carbonyl (C=O) groups excluding carboxylic acids is 2. The minimum Gasteiger partial charge on any atom is -0.545 e. The Morgan fingerprint density at radius 1 is 0.636 bits per heavy atom. The number of carbonyl (C=O) groups is 2. The number of rotatable bonds is 8. The van der Waals surface area contributed by atoms with Gasteiger partial charge in [-0.25, -0.2) is 0 Å². The zero-order valence-electron chi connectivity index (χ0n) is 15.3. The topological polar surface area (TPSA) is 271 Å². The van der Waals surface area contributed by atoms with Gasteiger partial charge in [0.2, 0.25) is 11.5 Å². The van der Waals surface area contributed by atoms with Gasteiger partial charge in [-0.05, 0) is 0 Å². The molecule has 177 valence electrons. The third-order valence-corrected chi connectivity index (χ3v) is 3.15. The van der Waals surface area contributed by atoms with Crippen LogP contribution in [0, 0.1) is 40.5 Å². The summed E-state index contributed by atoms with van der Waals surface area (Å²) in [5.41, 5.74) is -3.16. The molecule has 0 aliphatic rings. The number of aromatic carboxylic acids is 2. The van der Waals surface area contributed by atoms with Crippen LogP contribution in [0.2, 0.25) is 0 Å². The largest absolute Gasteiger partial charge is 2.00 e. The van der Waals surface area contributed by atoms with Crippen LogP contribution in [0.15, 0.2) is 36.4 Å². The Morgan fingerprint density at radius 3 is 1.15 bits per heavy atom. The van der Waals surface area contributed by atoms with Gasteiger partial charge >= 0.3 is 17.1 Å². The third kappa shape index (κ3) is 7.70. The zero-order chi connectivity index (χ0) is 24.6. The molecule has 19 heteroatoms. The van der Waals surface area contributed by atoms with Crippen molar-refractivity contribution in [3.8, 4) is 11.5 Å². The van der Waals surface area contributed by atoms with Gasteiger partial charge in [-0.1, -0.05) is 24.3 Å². The average Bonchev–Trinajstić information content (AvgIpc) is 2.67. The van der Waals surface area contributed by atoms with Crippen LogP contribution in [0.4, 0.5) is 11.4 Å². The quantitative estimate of drug-likeness (QED) is 0.232. The Kier molecular flexibility index (Phi) is 10.3. The van der Waals surface area contributed by atoms with Crippen molar-refractivity contribution in [3.63, 3.8) is 0 Å². The molecule has 0 aliphatic carbocycles. The molecule has 0 unspecified atom stereocenters. The van der Waals surface area contributed by atoms with Crippen molar-refractivity contribution in [1.82, 2.24) is 0 Å². The maximum Gasteiger partial charge on any atom is 2.00 e. The number of hydrogen-bond acceptors (Lipinski definition) is 14. The van der Waals surface area contributed by atoms with Gasteiger partial charge in [-0.3, -0.25) is 29.9 Å². The van der Waals surface area contributed by atoms with Crippen LogP contribution in [-0.2, 0) is 17.1 Å². The first-order valence-electron chi connectivity index (χ1n) is 7.49. The first kappa shape index (κ1) is 28.1. The summed E-state index contributed by atoms with van der Waals surface area (Å²) in [6, 6.07) is 5.67. The number of nitro groups is 2. The average molecular weight is 518 g/mol. The van der Waals surface area contributed by atoms with E-state index in [1.54, 1.807) is 0 Å². The van der Waals surface area contributed by atoms with E-state index in [1.807, 2.05) is 0 Å². The standard InChI is InChI=1S/2C7H4N2O7.Cu/c2*10-7(11)4-2-1-3-5(8(12)13)6(4)16-9(14)15;/h2*1-3H,(H,10,11);/q;;+2/p-2. The molecule has 0 N–H and O–H groups in total. The van der Waals surface area contributed by atoms with E-state index in [2.05, 4.69) is 9.68 Å². The molecule has 2 aromatic carbocycles.